The molecule has 2 heterocycles. The molecule has 5 nitrogen and oxygen atoms in total. The van der Waals surface area contributed by atoms with Crippen LogP contribution < -0.4 is 9.64 Å². The van der Waals surface area contributed by atoms with Gasteiger partial charge in [-0.25, -0.2) is 9.97 Å². The van der Waals surface area contributed by atoms with E-state index < -0.39 is 0 Å². The molecule has 1 N–H and O–H groups in total. The Morgan fingerprint density at radius 2 is 1.91 bits per heavy atom. The lowest BCUT2D eigenvalue weighted by molar-refractivity contribution is 0.194. The molecule has 1 saturated heterocycles. The Labute approximate surface area is 130 Å². The van der Waals surface area contributed by atoms with Gasteiger partial charge in [-0.15, -0.1) is 0 Å². The number of methoxy groups -OCH3 is 1. The molecular formula is C17H21N3O2. The van der Waals surface area contributed by atoms with E-state index >= 15 is 0 Å². The van der Waals surface area contributed by atoms with E-state index in [4.69, 9.17) is 4.74 Å². The van der Waals surface area contributed by atoms with Gasteiger partial charge in [0.05, 0.1) is 19.3 Å². The molecule has 1 aliphatic rings. The molecule has 1 aromatic heterocycles. The lowest BCUT2D eigenvalue weighted by Crippen LogP contribution is -2.26. The van der Waals surface area contributed by atoms with Gasteiger partial charge in [-0.1, -0.05) is 12.1 Å². The van der Waals surface area contributed by atoms with E-state index in [9.17, 15) is 5.11 Å². The summed E-state index contributed by atoms with van der Waals surface area (Å²) >= 11 is 0. The van der Waals surface area contributed by atoms with E-state index in [1.165, 1.54) is 0 Å². The predicted molar refractivity (Wildman–Crippen MR) is 85.2 cm³/mol. The van der Waals surface area contributed by atoms with Crippen molar-refractivity contribution in [1.82, 2.24) is 9.97 Å². The normalized spacial score (nSPS) is 21.2. The van der Waals surface area contributed by atoms with Gasteiger partial charge in [0, 0.05) is 17.9 Å². The summed E-state index contributed by atoms with van der Waals surface area (Å²) < 4.78 is 5.31. The lowest BCUT2D eigenvalue weighted by Gasteiger charge is -2.25. The second-order valence-corrected chi connectivity index (χ2v) is 5.79. The molecular weight excluding hydrogens is 278 g/mol. The fourth-order valence-electron chi connectivity index (χ4n) is 3.04. The van der Waals surface area contributed by atoms with Crippen LogP contribution in [0.4, 0.5) is 5.95 Å². The molecule has 0 amide bonds. The van der Waals surface area contributed by atoms with Crippen molar-refractivity contribution in [1.29, 1.82) is 0 Å². The summed E-state index contributed by atoms with van der Waals surface area (Å²) in [5.74, 6) is 1.50. The Balaban J connectivity index is 1.98. The van der Waals surface area contributed by atoms with E-state index in [0.29, 0.717) is 18.9 Å². The van der Waals surface area contributed by atoms with Crippen LogP contribution in [-0.2, 0) is 0 Å². The van der Waals surface area contributed by atoms with Gasteiger partial charge in [-0.3, -0.25) is 0 Å². The second-order valence-electron chi connectivity index (χ2n) is 5.79. The van der Waals surface area contributed by atoms with Crippen LogP contribution in [0.2, 0.25) is 0 Å². The summed E-state index contributed by atoms with van der Waals surface area (Å²) in [6.45, 7) is 4.47. The molecule has 1 aliphatic heterocycles. The van der Waals surface area contributed by atoms with Gasteiger partial charge in [-0.05, 0) is 44.0 Å². The standard InChI is InChI=1S/C17H21N3O2/c1-11-7-12(2)19-17(18-11)20-10-14(21)9-16(20)13-5-4-6-15(8-13)22-3/h4-8,14,16,21H,9-10H2,1-3H3/t14-,16-/m0/s1. The predicted octanol–water partition coefficient (Wildman–Crippen LogP) is 2.41. The molecule has 22 heavy (non-hydrogen) atoms. The van der Waals surface area contributed by atoms with Crippen molar-refractivity contribution >= 4 is 5.95 Å². The molecule has 3 rings (SSSR count). The largest absolute Gasteiger partial charge is 0.497 e. The molecule has 2 aromatic rings. The molecule has 0 aliphatic carbocycles. The maximum atomic E-state index is 10.1. The number of benzene rings is 1. The quantitative estimate of drug-likeness (QED) is 0.943. The molecule has 0 bridgehead atoms. The summed E-state index contributed by atoms with van der Waals surface area (Å²) in [6, 6.07) is 9.98. The molecule has 1 fully saturated rings. The SMILES string of the molecule is COc1cccc([C@@H]2C[C@H](O)CN2c2nc(C)cc(C)n2)c1. The Morgan fingerprint density at radius 3 is 2.59 bits per heavy atom. The Kier molecular flexibility index (Phi) is 3.98. The second kappa shape index (κ2) is 5.93. The smallest absolute Gasteiger partial charge is 0.226 e. The third kappa shape index (κ3) is 2.90. The van der Waals surface area contributed by atoms with Gasteiger partial charge < -0.3 is 14.7 Å². The van der Waals surface area contributed by atoms with Gasteiger partial charge in [0.15, 0.2) is 0 Å². The van der Waals surface area contributed by atoms with Gasteiger partial charge >= 0.3 is 0 Å². The highest BCUT2D eigenvalue weighted by Gasteiger charge is 2.34. The molecule has 0 unspecified atom stereocenters. The first-order valence-corrected chi connectivity index (χ1v) is 7.48. The number of aryl methyl sites for hydroxylation is 2. The van der Waals surface area contributed by atoms with Gasteiger partial charge in [-0.2, -0.15) is 0 Å². The number of aliphatic hydroxyl groups is 1. The van der Waals surface area contributed by atoms with Crippen molar-refractivity contribution in [3.05, 3.63) is 47.3 Å². The average molecular weight is 299 g/mol. The van der Waals surface area contributed by atoms with E-state index in [1.54, 1.807) is 7.11 Å². The Morgan fingerprint density at radius 1 is 1.18 bits per heavy atom. The lowest BCUT2D eigenvalue weighted by atomic mass is 10.0. The number of aliphatic hydroxyl groups excluding tert-OH is 1. The van der Waals surface area contributed by atoms with E-state index in [2.05, 4.69) is 20.9 Å². The zero-order valence-corrected chi connectivity index (χ0v) is 13.2. The summed E-state index contributed by atoms with van der Waals surface area (Å²) in [5.41, 5.74) is 2.99. The highest BCUT2D eigenvalue weighted by molar-refractivity contribution is 5.42. The average Bonchev–Trinajstić information content (AvgIpc) is 2.88. The van der Waals surface area contributed by atoms with Crippen LogP contribution in [0.25, 0.3) is 0 Å². The molecule has 2 atom stereocenters. The fraction of sp³-hybridized carbons (Fsp3) is 0.412. The number of β-amino-alcohol motifs (C(OH)–C–C–N with tert-alkyl or cyclic N) is 1. The summed E-state index contributed by atoms with van der Waals surface area (Å²) in [4.78, 5) is 11.2. The molecule has 5 heteroatoms. The minimum absolute atomic E-state index is 0.0614. The number of hydrogen-bond donors (Lipinski definition) is 1. The Bertz CT molecular complexity index is 654. The van der Waals surface area contributed by atoms with Crippen LogP contribution in [0, 0.1) is 13.8 Å². The minimum atomic E-state index is -0.374. The first-order chi connectivity index (χ1) is 10.6. The van der Waals surface area contributed by atoms with E-state index in [-0.39, 0.29) is 12.1 Å². The van der Waals surface area contributed by atoms with Gasteiger partial charge in [0.25, 0.3) is 0 Å². The van der Waals surface area contributed by atoms with Crippen molar-refractivity contribution in [3.8, 4) is 5.75 Å². The van der Waals surface area contributed by atoms with Crippen LogP contribution in [0.5, 0.6) is 5.75 Å². The number of aromatic nitrogens is 2. The third-order valence-corrected chi connectivity index (χ3v) is 3.98. The molecule has 0 radical (unpaired) electrons. The third-order valence-electron chi connectivity index (χ3n) is 3.98. The van der Waals surface area contributed by atoms with Crippen molar-refractivity contribution in [2.75, 3.05) is 18.6 Å². The highest BCUT2D eigenvalue weighted by atomic mass is 16.5. The summed E-state index contributed by atoms with van der Waals surface area (Å²) in [7, 11) is 1.66. The molecule has 116 valence electrons. The summed E-state index contributed by atoms with van der Waals surface area (Å²) in [5, 5.41) is 10.1. The number of rotatable bonds is 3. The number of ether oxygens (including phenoxy) is 1. The van der Waals surface area contributed by atoms with Crippen LogP contribution in [0.15, 0.2) is 30.3 Å². The zero-order valence-electron chi connectivity index (χ0n) is 13.2. The number of anilines is 1. The van der Waals surface area contributed by atoms with Gasteiger partial charge in [0.2, 0.25) is 5.95 Å². The van der Waals surface area contributed by atoms with Crippen LogP contribution in [0.1, 0.15) is 29.4 Å². The van der Waals surface area contributed by atoms with Gasteiger partial charge in [0.1, 0.15) is 5.75 Å². The zero-order chi connectivity index (χ0) is 15.7. The van der Waals surface area contributed by atoms with Crippen LogP contribution >= 0.6 is 0 Å². The van der Waals surface area contributed by atoms with Crippen molar-refractivity contribution in [2.24, 2.45) is 0 Å². The van der Waals surface area contributed by atoms with E-state index in [0.717, 1.165) is 22.7 Å². The first kappa shape index (κ1) is 14.8. The van der Waals surface area contributed by atoms with Crippen LogP contribution in [0.3, 0.4) is 0 Å². The molecule has 0 saturated carbocycles. The van der Waals surface area contributed by atoms with Crippen molar-refractivity contribution in [2.45, 2.75) is 32.4 Å². The minimum Gasteiger partial charge on any atom is -0.497 e. The van der Waals surface area contributed by atoms with Crippen molar-refractivity contribution < 1.29 is 9.84 Å². The van der Waals surface area contributed by atoms with Crippen molar-refractivity contribution in [3.63, 3.8) is 0 Å². The topological polar surface area (TPSA) is 58.5 Å². The summed E-state index contributed by atoms with van der Waals surface area (Å²) in [6.07, 6.45) is 0.296. The first-order valence-electron chi connectivity index (χ1n) is 7.48. The number of nitrogens with zero attached hydrogens (tertiary/aromatic N) is 3. The highest BCUT2D eigenvalue weighted by Crippen LogP contribution is 2.35. The van der Waals surface area contributed by atoms with Crippen LogP contribution in [-0.4, -0.2) is 34.8 Å². The monoisotopic (exact) mass is 299 g/mol. The molecule has 0 spiro atoms. The Hall–Kier alpha value is -2.14. The molecule has 1 aromatic carbocycles. The maximum absolute atomic E-state index is 10.1. The maximum Gasteiger partial charge on any atom is 0.226 e. The fourth-order valence-corrected chi connectivity index (χ4v) is 3.04. The number of hydrogen-bond acceptors (Lipinski definition) is 5. The van der Waals surface area contributed by atoms with E-state index in [1.807, 2.05) is 38.1 Å².